The van der Waals surface area contributed by atoms with E-state index in [1.165, 1.54) is 89.2 Å². The fourth-order valence-corrected chi connectivity index (χ4v) is 7.62. The van der Waals surface area contributed by atoms with Crippen LogP contribution in [-0.4, -0.2) is 24.4 Å². The second-order valence-corrected chi connectivity index (χ2v) is 18.7. The monoisotopic (exact) mass is 865 g/mol. The van der Waals surface area contributed by atoms with Gasteiger partial charge in [-0.2, -0.15) is 0 Å². The van der Waals surface area contributed by atoms with E-state index in [0.717, 1.165) is 96.3 Å². The van der Waals surface area contributed by atoms with Gasteiger partial charge in [0.25, 0.3) is 0 Å². The number of hydrogen-bond acceptors (Lipinski definition) is 4. The van der Waals surface area contributed by atoms with Crippen LogP contribution in [0.15, 0.2) is 116 Å². The minimum Gasteiger partial charge on any atom is -0.504 e. The van der Waals surface area contributed by atoms with Crippen molar-refractivity contribution in [1.29, 1.82) is 0 Å². The predicted octanol–water partition coefficient (Wildman–Crippen LogP) is 18.5. The molecule has 0 spiro atoms. The number of benzene rings is 1. The Labute approximate surface area is 388 Å². The quantitative estimate of drug-likeness (QED) is 0.0577. The summed E-state index contributed by atoms with van der Waals surface area (Å²) in [5.41, 5.74) is 15.9. The van der Waals surface area contributed by atoms with Crippen molar-refractivity contribution in [2.45, 2.75) is 205 Å². The molecule has 2 N–H and O–H groups in total. The number of rotatable bonds is 31. The second kappa shape index (κ2) is 33.3. The zero-order chi connectivity index (χ0) is 47.2. The van der Waals surface area contributed by atoms with E-state index in [9.17, 15) is 10.2 Å². The largest absolute Gasteiger partial charge is 0.504 e. The van der Waals surface area contributed by atoms with Gasteiger partial charge in [-0.1, -0.05) is 116 Å². The minimum atomic E-state index is 0.00634. The summed E-state index contributed by atoms with van der Waals surface area (Å²) in [5.74, 6) is 0.356. The van der Waals surface area contributed by atoms with Crippen LogP contribution in [0.25, 0.3) is 0 Å². The van der Waals surface area contributed by atoms with E-state index in [-0.39, 0.29) is 23.0 Å². The molecule has 0 atom stereocenters. The molecule has 0 bridgehead atoms. The third-order valence-electron chi connectivity index (χ3n) is 12.1. The highest BCUT2D eigenvalue weighted by molar-refractivity contribution is 5.66. The molecule has 63 heavy (non-hydrogen) atoms. The topological polar surface area (TPSA) is 58.9 Å². The Morgan fingerprint density at radius 1 is 0.349 bits per heavy atom. The summed E-state index contributed by atoms with van der Waals surface area (Å²) < 4.78 is 10.5. The summed E-state index contributed by atoms with van der Waals surface area (Å²) >= 11 is 0. The van der Waals surface area contributed by atoms with Gasteiger partial charge in [0, 0.05) is 11.1 Å². The number of phenols is 2. The molecule has 1 aromatic rings. The summed E-state index contributed by atoms with van der Waals surface area (Å²) in [4.78, 5) is 0. The standard InChI is InChI=1S/C59H92O4/c1-44(2)24-15-25-45(3)26-16-27-46(4)28-17-29-47(5)30-18-31-48(6)32-19-33-49(7)34-20-35-50(8)36-21-37-51(9)38-22-39-52(10)40-23-41-53(11)42-43-55-54(12)56(60)58(62-13)59(63-14)57(55)61/h24,26,28,30,32,34,36,38,40,42,60-61H,15-23,25,27,29,31,33,35,37,39,41,43H2,1-14H3/b45-26+,46-28+,47-30+,48-32+,49-34+,50-36+,51-38+,52-40-,53-42+. The maximum Gasteiger partial charge on any atom is 0.207 e. The molecule has 4 heteroatoms. The third-order valence-corrected chi connectivity index (χ3v) is 12.1. The Morgan fingerprint density at radius 3 is 0.810 bits per heavy atom. The molecule has 0 aliphatic rings. The van der Waals surface area contributed by atoms with Crippen LogP contribution in [0.3, 0.4) is 0 Å². The number of ether oxygens (including phenoxy) is 2. The molecule has 0 aliphatic carbocycles. The van der Waals surface area contributed by atoms with Crippen LogP contribution in [0.2, 0.25) is 0 Å². The SMILES string of the molecule is COc1c(O)c(C)c(C/C=C(\C)CC/C=C(/C)CC/C=C(\C)CC/C=C(\C)CC/C=C(\C)CC/C=C(\C)CC/C=C(\C)CC/C=C(\C)CC/C=C(\C)CCC=C(C)C)c(O)c1OC. The first-order valence-electron chi connectivity index (χ1n) is 24.2. The molecule has 0 fully saturated rings. The molecule has 0 aromatic heterocycles. The molecule has 0 unspecified atom stereocenters. The maximum atomic E-state index is 10.7. The van der Waals surface area contributed by atoms with Crippen LogP contribution >= 0.6 is 0 Å². The van der Waals surface area contributed by atoms with E-state index < -0.39 is 0 Å². The molecule has 0 radical (unpaired) electrons. The Balaban J connectivity index is 2.32. The Hall–Kier alpha value is -4.18. The number of allylic oxidation sites excluding steroid dienone is 20. The van der Waals surface area contributed by atoms with Gasteiger partial charge in [0.2, 0.25) is 11.5 Å². The van der Waals surface area contributed by atoms with Crippen molar-refractivity contribution in [3.8, 4) is 23.0 Å². The third kappa shape index (κ3) is 26.3. The maximum absolute atomic E-state index is 10.7. The van der Waals surface area contributed by atoms with Crippen LogP contribution in [0.4, 0.5) is 0 Å². The summed E-state index contributed by atoms with van der Waals surface area (Å²) in [5, 5.41) is 21.3. The minimum absolute atomic E-state index is 0.00634. The van der Waals surface area contributed by atoms with E-state index in [2.05, 4.69) is 137 Å². The fraction of sp³-hybridized carbons (Fsp3) is 0.559. The summed E-state index contributed by atoms with van der Waals surface area (Å²) in [7, 11) is 2.91. The molecule has 0 amide bonds. The first-order valence-corrected chi connectivity index (χ1v) is 24.2. The highest BCUT2D eigenvalue weighted by atomic mass is 16.5. The summed E-state index contributed by atoms with van der Waals surface area (Å²) in [6.07, 6.45) is 44.6. The molecule has 1 aromatic carbocycles. The Morgan fingerprint density at radius 2 is 0.571 bits per heavy atom. The molecule has 1 rings (SSSR count). The van der Waals surface area contributed by atoms with E-state index in [0.29, 0.717) is 17.5 Å². The Kier molecular flexibility index (Phi) is 30.1. The lowest BCUT2D eigenvalue weighted by Crippen LogP contribution is -1.98. The predicted molar refractivity (Wildman–Crippen MR) is 278 cm³/mol. The first-order chi connectivity index (χ1) is 30.0. The van der Waals surface area contributed by atoms with Crippen molar-refractivity contribution in [3.63, 3.8) is 0 Å². The fourth-order valence-electron chi connectivity index (χ4n) is 7.62. The van der Waals surface area contributed by atoms with E-state index >= 15 is 0 Å². The first kappa shape index (κ1) is 56.8. The van der Waals surface area contributed by atoms with Gasteiger partial charge in [-0.3, -0.25) is 0 Å². The van der Waals surface area contributed by atoms with Crippen LogP contribution in [0.5, 0.6) is 23.0 Å². The number of hydrogen-bond donors (Lipinski definition) is 2. The highest BCUT2D eigenvalue weighted by Crippen LogP contribution is 2.48. The zero-order valence-electron chi connectivity index (χ0n) is 42.9. The second-order valence-electron chi connectivity index (χ2n) is 18.7. The van der Waals surface area contributed by atoms with Gasteiger partial charge in [-0.05, 0) is 205 Å². The molecule has 0 heterocycles. The molecule has 0 saturated carbocycles. The average Bonchev–Trinajstić information content (AvgIpc) is 3.21. The highest BCUT2D eigenvalue weighted by Gasteiger charge is 2.22. The van der Waals surface area contributed by atoms with Crippen LogP contribution < -0.4 is 9.47 Å². The van der Waals surface area contributed by atoms with Gasteiger partial charge in [0.05, 0.1) is 14.2 Å². The smallest absolute Gasteiger partial charge is 0.207 e. The lowest BCUT2D eigenvalue weighted by Gasteiger charge is -2.17. The van der Waals surface area contributed by atoms with Gasteiger partial charge in [0.1, 0.15) is 0 Å². The van der Waals surface area contributed by atoms with Crippen LogP contribution in [-0.2, 0) is 6.42 Å². The molecule has 4 nitrogen and oxygen atoms in total. The van der Waals surface area contributed by atoms with Gasteiger partial charge in [-0.15, -0.1) is 0 Å². The van der Waals surface area contributed by atoms with Gasteiger partial charge in [-0.25, -0.2) is 0 Å². The summed E-state index contributed by atoms with van der Waals surface area (Å²) in [6.45, 7) is 26.5. The number of aromatic hydroxyl groups is 2. The zero-order valence-corrected chi connectivity index (χ0v) is 42.9. The van der Waals surface area contributed by atoms with E-state index in [1.807, 2.05) is 0 Å². The van der Waals surface area contributed by atoms with E-state index in [4.69, 9.17) is 9.47 Å². The molecular formula is C59H92O4. The molecule has 0 aliphatic heterocycles. The number of methoxy groups -OCH3 is 2. The normalized spacial score (nSPS) is 14.2. The van der Waals surface area contributed by atoms with Crippen LogP contribution in [0, 0.1) is 6.92 Å². The van der Waals surface area contributed by atoms with Crippen LogP contribution in [0.1, 0.15) is 203 Å². The average molecular weight is 865 g/mol. The Bertz CT molecular complexity index is 1840. The van der Waals surface area contributed by atoms with Crippen molar-refractivity contribution < 1.29 is 19.7 Å². The van der Waals surface area contributed by atoms with Crippen molar-refractivity contribution >= 4 is 0 Å². The van der Waals surface area contributed by atoms with Gasteiger partial charge in [0.15, 0.2) is 11.5 Å². The summed E-state index contributed by atoms with van der Waals surface area (Å²) in [6, 6.07) is 0. The lowest BCUT2D eigenvalue weighted by atomic mass is 9.99. The molecule has 0 saturated heterocycles. The van der Waals surface area contributed by atoms with Crippen molar-refractivity contribution in [2.24, 2.45) is 0 Å². The lowest BCUT2D eigenvalue weighted by molar-refractivity contribution is 0.314. The van der Waals surface area contributed by atoms with Gasteiger partial charge >= 0.3 is 0 Å². The molecule has 352 valence electrons. The van der Waals surface area contributed by atoms with Crippen molar-refractivity contribution in [3.05, 3.63) is 128 Å². The molecular weight excluding hydrogens is 773 g/mol. The van der Waals surface area contributed by atoms with Crippen molar-refractivity contribution in [2.75, 3.05) is 14.2 Å². The van der Waals surface area contributed by atoms with E-state index in [1.54, 1.807) is 6.92 Å². The van der Waals surface area contributed by atoms with Crippen molar-refractivity contribution in [1.82, 2.24) is 0 Å². The van der Waals surface area contributed by atoms with Gasteiger partial charge < -0.3 is 19.7 Å². The number of phenolic OH excluding ortho intramolecular Hbond substituents is 2.